The molecule has 3 rings (SSSR count). The topological polar surface area (TPSA) is 15.3 Å². The summed E-state index contributed by atoms with van der Waals surface area (Å²) in [4.78, 5) is 2.42. The van der Waals surface area contributed by atoms with Crippen LogP contribution in [-0.4, -0.2) is 30.6 Å². The number of rotatable bonds is 5. The average molecular weight is 291 g/mol. The minimum atomic E-state index is 0.353. The summed E-state index contributed by atoms with van der Waals surface area (Å²) in [5.74, 6) is 0.353. The third kappa shape index (κ3) is 3.29. The molecule has 0 aliphatic carbocycles. The molecule has 2 nitrogen and oxygen atoms in total. The Kier molecular flexibility index (Phi) is 5.04. The number of hydrogen-bond donors (Lipinski definition) is 1. The lowest BCUT2D eigenvalue weighted by atomic mass is 9.83. The van der Waals surface area contributed by atoms with Crippen LogP contribution in [0.1, 0.15) is 17.0 Å². The third-order valence-corrected chi connectivity index (χ3v) is 4.33. The molecule has 1 atom stereocenters. The molecule has 22 heavy (non-hydrogen) atoms. The van der Waals surface area contributed by atoms with Crippen LogP contribution in [-0.2, 0) is 0 Å². The van der Waals surface area contributed by atoms with E-state index < -0.39 is 0 Å². The molecule has 1 radical (unpaired) electrons. The Bertz CT molecular complexity index is 540. The number of hydrogen-bond acceptors (Lipinski definition) is 2. The van der Waals surface area contributed by atoms with E-state index in [9.17, 15) is 0 Å². The number of benzene rings is 2. The Morgan fingerprint density at radius 1 is 1.00 bits per heavy atom. The number of piperazine rings is 1. The molecule has 1 unspecified atom stereocenters. The van der Waals surface area contributed by atoms with Crippen molar-refractivity contribution in [1.29, 1.82) is 0 Å². The van der Waals surface area contributed by atoms with E-state index in [2.05, 4.69) is 84.0 Å². The average Bonchev–Trinajstić information content (AvgIpc) is 2.59. The van der Waals surface area contributed by atoms with Crippen molar-refractivity contribution in [3.63, 3.8) is 0 Å². The first kappa shape index (κ1) is 15.0. The van der Waals surface area contributed by atoms with Crippen molar-refractivity contribution >= 4 is 0 Å². The predicted molar refractivity (Wildman–Crippen MR) is 92.6 cm³/mol. The van der Waals surface area contributed by atoms with E-state index in [0.717, 1.165) is 19.6 Å². The normalized spacial score (nSPS) is 19.2. The molecule has 1 fully saturated rings. The second kappa shape index (κ2) is 7.39. The lowest BCUT2D eigenvalue weighted by Gasteiger charge is -2.40. The van der Waals surface area contributed by atoms with Gasteiger partial charge in [0.1, 0.15) is 0 Å². The Morgan fingerprint density at radius 3 is 2.14 bits per heavy atom. The molecule has 113 valence electrons. The lowest BCUT2D eigenvalue weighted by molar-refractivity contribution is 0.193. The monoisotopic (exact) mass is 291 g/mol. The molecule has 1 aliphatic rings. The molecule has 2 aromatic carbocycles. The van der Waals surface area contributed by atoms with Gasteiger partial charge in [0.25, 0.3) is 0 Å². The molecule has 2 aromatic rings. The first-order chi connectivity index (χ1) is 10.9. The van der Waals surface area contributed by atoms with Crippen LogP contribution in [0.5, 0.6) is 0 Å². The van der Waals surface area contributed by atoms with Gasteiger partial charge in [-0.2, -0.15) is 0 Å². The van der Waals surface area contributed by atoms with Crippen molar-refractivity contribution in [3.05, 3.63) is 91.0 Å². The zero-order chi connectivity index (χ0) is 15.2. The lowest BCUT2D eigenvalue weighted by Crippen LogP contribution is -2.52. The molecule has 0 saturated carbocycles. The molecule has 0 bridgehead atoms. The van der Waals surface area contributed by atoms with Crippen molar-refractivity contribution in [2.45, 2.75) is 12.0 Å². The predicted octanol–water partition coefficient (Wildman–Crippen LogP) is 3.44. The standard InChI is InChI=1S/C20H23N2/c1-2-14-22-15-13-21-16-19(22)20(17-9-5-3-6-10-17)18-11-7-4-8-12-18/h2-12,14,19-21H,1,13,15-16H2. The molecule has 2 heteroatoms. The van der Waals surface area contributed by atoms with Crippen molar-refractivity contribution in [2.24, 2.45) is 0 Å². The molecular weight excluding hydrogens is 268 g/mol. The smallest absolute Gasteiger partial charge is 0.0471 e. The summed E-state index contributed by atoms with van der Waals surface area (Å²) in [5, 5.41) is 3.55. The summed E-state index contributed by atoms with van der Waals surface area (Å²) in [5.41, 5.74) is 2.73. The van der Waals surface area contributed by atoms with Crippen molar-refractivity contribution in [3.8, 4) is 0 Å². The van der Waals surface area contributed by atoms with E-state index in [4.69, 9.17) is 0 Å². The fraction of sp³-hybridized carbons (Fsp3) is 0.250. The second-order valence-electron chi connectivity index (χ2n) is 5.69. The van der Waals surface area contributed by atoms with Crippen LogP contribution in [0.3, 0.4) is 0 Å². The van der Waals surface area contributed by atoms with Crippen LogP contribution in [0.2, 0.25) is 0 Å². The quantitative estimate of drug-likeness (QED) is 0.908. The zero-order valence-electron chi connectivity index (χ0n) is 12.9. The fourth-order valence-electron chi connectivity index (χ4n) is 3.33. The Morgan fingerprint density at radius 2 is 1.59 bits per heavy atom. The first-order valence-electron chi connectivity index (χ1n) is 7.92. The maximum absolute atomic E-state index is 3.88. The van der Waals surface area contributed by atoms with Crippen LogP contribution in [0.25, 0.3) is 0 Å². The van der Waals surface area contributed by atoms with E-state index in [1.165, 1.54) is 11.1 Å². The molecule has 0 aromatic heterocycles. The van der Waals surface area contributed by atoms with Gasteiger partial charge in [0.2, 0.25) is 0 Å². The largest absolute Gasteiger partial charge is 0.314 e. The van der Waals surface area contributed by atoms with E-state index in [1.54, 1.807) is 0 Å². The van der Waals surface area contributed by atoms with Gasteiger partial charge >= 0.3 is 0 Å². The van der Waals surface area contributed by atoms with Gasteiger partial charge in [-0.25, -0.2) is 0 Å². The van der Waals surface area contributed by atoms with Gasteiger partial charge in [-0.05, 0) is 11.1 Å². The van der Waals surface area contributed by atoms with Gasteiger partial charge in [-0.15, -0.1) is 6.58 Å². The molecule has 0 spiro atoms. The van der Waals surface area contributed by atoms with Gasteiger partial charge in [0, 0.05) is 38.1 Å². The third-order valence-electron chi connectivity index (χ3n) is 4.33. The van der Waals surface area contributed by atoms with Crippen LogP contribution in [0, 0.1) is 6.54 Å². The highest BCUT2D eigenvalue weighted by Crippen LogP contribution is 2.32. The molecule has 1 saturated heterocycles. The molecular formula is C20H23N2. The maximum Gasteiger partial charge on any atom is 0.0471 e. The summed E-state index contributed by atoms with van der Waals surface area (Å²) in [7, 11) is 0. The van der Waals surface area contributed by atoms with Crippen molar-refractivity contribution in [1.82, 2.24) is 10.2 Å². The number of nitrogens with one attached hydrogen (secondary N) is 1. The Labute approximate surface area is 133 Å². The molecule has 1 heterocycles. The van der Waals surface area contributed by atoms with Crippen LogP contribution < -0.4 is 5.32 Å². The first-order valence-corrected chi connectivity index (χ1v) is 7.92. The van der Waals surface area contributed by atoms with Crippen LogP contribution in [0.4, 0.5) is 0 Å². The second-order valence-corrected chi connectivity index (χ2v) is 5.69. The van der Waals surface area contributed by atoms with Gasteiger partial charge in [0.15, 0.2) is 0 Å². The van der Waals surface area contributed by atoms with Gasteiger partial charge in [-0.3, -0.25) is 4.90 Å². The van der Waals surface area contributed by atoms with Gasteiger partial charge in [-0.1, -0.05) is 66.7 Å². The molecule has 1 N–H and O–H groups in total. The highest BCUT2D eigenvalue weighted by atomic mass is 15.2. The zero-order valence-corrected chi connectivity index (χ0v) is 12.9. The van der Waals surface area contributed by atoms with Crippen LogP contribution in [0.15, 0.2) is 73.3 Å². The SMILES string of the molecule is C=C[CH]N1CCNCC1C(c1ccccc1)c1ccccc1. The molecule has 1 aliphatic heterocycles. The minimum Gasteiger partial charge on any atom is -0.314 e. The summed E-state index contributed by atoms with van der Waals surface area (Å²) < 4.78 is 0. The van der Waals surface area contributed by atoms with E-state index in [1.807, 2.05) is 6.08 Å². The van der Waals surface area contributed by atoms with Gasteiger partial charge < -0.3 is 5.32 Å². The Balaban J connectivity index is 1.99. The van der Waals surface area contributed by atoms with Crippen molar-refractivity contribution < 1.29 is 0 Å². The summed E-state index contributed by atoms with van der Waals surface area (Å²) in [6.45, 7) is 9.04. The molecule has 0 amide bonds. The van der Waals surface area contributed by atoms with E-state index in [0.29, 0.717) is 12.0 Å². The van der Waals surface area contributed by atoms with Crippen molar-refractivity contribution in [2.75, 3.05) is 19.6 Å². The maximum atomic E-state index is 3.88. The minimum absolute atomic E-state index is 0.353. The van der Waals surface area contributed by atoms with Crippen LogP contribution >= 0.6 is 0 Å². The summed E-state index contributed by atoms with van der Waals surface area (Å²) in [6, 6.07) is 22.0. The number of nitrogens with zero attached hydrogens (tertiary/aromatic N) is 1. The highest BCUT2D eigenvalue weighted by molar-refractivity contribution is 5.35. The van der Waals surface area contributed by atoms with E-state index >= 15 is 0 Å². The fourth-order valence-corrected chi connectivity index (χ4v) is 3.33. The summed E-state index contributed by atoms with van der Waals surface area (Å²) >= 11 is 0. The van der Waals surface area contributed by atoms with E-state index in [-0.39, 0.29) is 0 Å². The summed E-state index contributed by atoms with van der Waals surface area (Å²) in [6.07, 6.45) is 1.89. The van der Waals surface area contributed by atoms with Gasteiger partial charge in [0.05, 0.1) is 0 Å². The highest BCUT2D eigenvalue weighted by Gasteiger charge is 2.31. The Hall–Kier alpha value is -1.90.